The number of nitrogens with zero attached hydrogens (tertiary/aromatic N) is 1. The molecular weight excluding hydrogens is 301 g/mol. The molecule has 1 aromatic rings. The number of nitrogen functional groups attached to an aromatic ring is 1. The van der Waals surface area contributed by atoms with E-state index >= 15 is 0 Å². The average molecular weight is 315 g/mol. The van der Waals surface area contributed by atoms with Crippen LogP contribution in [0.5, 0.6) is 0 Å². The van der Waals surface area contributed by atoms with Crippen LogP contribution in [0.15, 0.2) is 17.0 Å². The zero-order chi connectivity index (χ0) is 15.9. The Hall–Kier alpha value is -2.00. The van der Waals surface area contributed by atoms with Gasteiger partial charge in [-0.15, -0.1) is 0 Å². The second-order valence-electron chi connectivity index (χ2n) is 4.76. The quantitative estimate of drug-likeness (QED) is 0.578. The van der Waals surface area contributed by atoms with Gasteiger partial charge < -0.3 is 5.73 Å². The lowest BCUT2D eigenvalue weighted by Crippen LogP contribution is -2.58. The van der Waals surface area contributed by atoms with Crippen molar-refractivity contribution in [2.75, 3.05) is 12.3 Å². The van der Waals surface area contributed by atoms with E-state index < -0.39 is 45.1 Å². The minimum Gasteiger partial charge on any atom is -0.398 e. The van der Waals surface area contributed by atoms with E-state index in [-0.39, 0.29) is 11.3 Å². The summed E-state index contributed by atoms with van der Waals surface area (Å²) in [6, 6.07) is 0.862. The van der Waals surface area contributed by atoms with Crippen molar-refractivity contribution >= 4 is 27.5 Å². The maximum Gasteiger partial charge on any atom is 0.244 e. The first-order chi connectivity index (χ1) is 9.64. The van der Waals surface area contributed by atoms with Crippen LogP contribution in [-0.2, 0) is 19.6 Å². The number of hydrogen-bond acceptors (Lipinski definition) is 5. The molecule has 0 spiro atoms. The largest absolute Gasteiger partial charge is 0.398 e. The third-order valence-electron chi connectivity index (χ3n) is 3.34. The lowest BCUT2D eigenvalue weighted by Gasteiger charge is -2.30. The van der Waals surface area contributed by atoms with Crippen LogP contribution in [-0.4, -0.2) is 37.1 Å². The third kappa shape index (κ3) is 2.61. The molecule has 1 unspecified atom stereocenters. The van der Waals surface area contributed by atoms with Crippen molar-refractivity contribution in [3.8, 4) is 0 Å². The highest BCUT2D eigenvalue weighted by Gasteiger charge is 2.39. The molecule has 1 aliphatic rings. The Labute approximate surface area is 121 Å². The molecule has 2 amide bonds. The predicted octanol–water partition coefficient (Wildman–Crippen LogP) is -0.248. The van der Waals surface area contributed by atoms with Crippen LogP contribution < -0.4 is 11.1 Å². The van der Waals surface area contributed by atoms with Gasteiger partial charge in [0, 0.05) is 11.3 Å². The highest BCUT2D eigenvalue weighted by atomic mass is 32.2. The minimum atomic E-state index is -4.21. The van der Waals surface area contributed by atoms with Crippen molar-refractivity contribution in [3.63, 3.8) is 0 Å². The van der Waals surface area contributed by atoms with Gasteiger partial charge in [0.25, 0.3) is 0 Å². The van der Waals surface area contributed by atoms with Gasteiger partial charge in [-0.25, -0.2) is 12.8 Å². The molecule has 1 aliphatic heterocycles. The van der Waals surface area contributed by atoms with E-state index in [4.69, 9.17) is 5.73 Å². The molecule has 2 rings (SSSR count). The molecule has 9 heteroatoms. The van der Waals surface area contributed by atoms with Gasteiger partial charge in [0.05, 0.1) is 11.4 Å². The summed E-state index contributed by atoms with van der Waals surface area (Å²) in [5.74, 6) is -2.23. The van der Waals surface area contributed by atoms with E-state index in [1.165, 1.54) is 13.8 Å². The molecule has 1 aromatic carbocycles. The molecule has 1 atom stereocenters. The number of carbonyl (C=O) groups excluding carboxylic acids is 2. The standard InChI is InChI=1S/C12H14FN3O4S/c1-6-9(13)3-8(4-10(6)14)21(19,20)16-5-11(17)15-12(18)7(16)2/h3-4,7H,5,14H2,1-2H3,(H,15,17,18). The van der Waals surface area contributed by atoms with Crippen molar-refractivity contribution in [2.45, 2.75) is 24.8 Å². The summed E-state index contributed by atoms with van der Waals surface area (Å²) >= 11 is 0. The van der Waals surface area contributed by atoms with Gasteiger partial charge in [0.2, 0.25) is 21.8 Å². The highest BCUT2D eigenvalue weighted by molar-refractivity contribution is 7.89. The fraction of sp³-hybridized carbons (Fsp3) is 0.333. The number of rotatable bonds is 2. The number of piperazine rings is 1. The van der Waals surface area contributed by atoms with E-state index in [1.807, 2.05) is 5.32 Å². The second kappa shape index (κ2) is 5.08. The molecule has 0 bridgehead atoms. The summed E-state index contributed by atoms with van der Waals surface area (Å²) in [4.78, 5) is 22.5. The molecule has 1 fully saturated rings. The Morgan fingerprint density at radius 1 is 1.38 bits per heavy atom. The molecule has 0 saturated carbocycles. The van der Waals surface area contributed by atoms with Crippen LogP contribution in [0.4, 0.5) is 10.1 Å². The zero-order valence-electron chi connectivity index (χ0n) is 11.4. The van der Waals surface area contributed by atoms with Crippen molar-refractivity contribution in [3.05, 3.63) is 23.5 Å². The van der Waals surface area contributed by atoms with Crippen molar-refractivity contribution in [1.29, 1.82) is 0 Å². The first kappa shape index (κ1) is 15.4. The Morgan fingerprint density at radius 2 is 2.00 bits per heavy atom. The lowest BCUT2D eigenvalue weighted by molar-refractivity contribution is -0.136. The molecule has 21 heavy (non-hydrogen) atoms. The molecule has 1 saturated heterocycles. The fourth-order valence-electron chi connectivity index (χ4n) is 1.94. The molecule has 0 aromatic heterocycles. The number of nitrogens with two attached hydrogens (primary N) is 1. The van der Waals surface area contributed by atoms with E-state index in [9.17, 15) is 22.4 Å². The van der Waals surface area contributed by atoms with Crippen molar-refractivity contribution in [1.82, 2.24) is 9.62 Å². The lowest BCUT2D eigenvalue weighted by atomic mass is 10.2. The molecule has 114 valence electrons. The third-order valence-corrected chi connectivity index (χ3v) is 5.23. The van der Waals surface area contributed by atoms with Crippen LogP contribution in [0.3, 0.4) is 0 Å². The van der Waals surface area contributed by atoms with E-state index in [2.05, 4.69) is 0 Å². The first-order valence-electron chi connectivity index (χ1n) is 6.05. The summed E-state index contributed by atoms with van der Waals surface area (Å²) in [5, 5.41) is 2.03. The maximum atomic E-state index is 13.7. The van der Waals surface area contributed by atoms with Crippen molar-refractivity contribution in [2.24, 2.45) is 0 Å². The topological polar surface area (TPSA) is 110 Å². The molecular formula is C12H14FN3O4S. The van der Waals surface area contributed by atoms with Gasteiger partial charge in [-0.2, -0.15) is 4.31 Å². The molecule has 1 heterocycles. The number of sulfonamides is 1. The first-order valence-corrected chi connectivity index (χ1v) is 7.49. The second-order valence-corrected chi connectivity index (χ2v) is 6.65. The molecule has 0 aliphatic carbocycles. The maximum absolute atomic E-state index is 13.7. The molecule has 0 radical (unpaired) electrons. The number of halogens is 1. The summed E-state index contributed by atoms with van der Waals surface area (Å²) in [5.41, 5.74) is 5.68. The Balaban J connectivity index is 2.51. The van der Waals surface area contributed by atoms with Gasteiger partial charge in [0.15, 0.2) is 0 Å². The fourth-order valence-corrected chi connectivity index (χ4v) is 3.54. The minimum absolute atomic E-state index is 0.0194. The number of benzene rings is 1. The van der Waals surface area contributed by atoms with Gasteiger partial charge in [-0.1, -0.05) is 0 Å². The predicted molar refractivity (Wildman–Crippen MR) is 72.1 cm³/mol. The van der Waals surface area contributed by atoms with Gasteiger partial charge in [0.1, 0.15) is 11.9 Å². The van der Waals surface area contributed by atoms with Gasteiger partial charge in [-0.3, -0.25) is 14.9 Å². The number of hydrogen-bond donors (Lipinski definition) is 2. The average Bonchev–Trinajstić information content (AvgIpc) is 2.39. The van der Waals surface area contributed by atoms with Crippen LogP contribution in [0.1, 0.15) is 12.5 Å². The van der Waals surface area contributed by atoms with Gasteiger partial charge >= 0.3 is 0 Å². The highest BCUT2D eigenvalue weighted by Crippen LogP contribution is 2.25. The summed E-state index contributed by atoms with van der Waals surface area (Å²) in [6.07, 6.45) is 0. The number of anilines is 1. The Bertz CT molecular complexity index is 709. The Morgan fingerprint density at radius 3 is 2.57 bits per heavy atom. The number of imide groups is 1. The number of carbonyl (C=O) groups is 2. The smallest absolute Gasteiger partial charge is 0.244 e. The van der Waals surface area contributed by atoms with E-state index in [0.29, 0.717) is 0 Å². The van der Waals surface area contributed by atoms with Crippen LogP contribution >= 0.6 is 0 Å². The Kier molecular flexibility index (Phi) is 3.72. The summed E-state index contributed by atoms with van der Waals surface area (Å²) in [6.45, 7) is 2.25. The molecule has 7 nitrogen and oxygen atoms in total. The van der Waals surface area contributed by atoms with E-state index in [0.717, 1.165) is 16.4 Å². The summed E-state index contributed by atoms with van der Waals surface area (Å²) in [7, 11) is -4.21. The van der Waals surface area contributed by atoms with Crippen molar-refractivity contribution < 1.29 is 22.4 Å². The van der Waals surface area contributed by atoms with Crippen LogP contribution in [0.2, 0.25) is 0 Å². The number of nitrogens with one attached hydrogen (secondary N) is 1. The SMILES string of the molecule is Cc1c(N)cc(S(=O)(=O)N2CC(=O)NC(=O)C2C)cc1F. The summed E-state index contributed by atoms with van der Waals surface area (Å²) < 4.78 is 39.4. The van der Waals surface area contributed by atoms with Gasteiger partial charge in [-0.05, 0) is 26.0 Å². The van der Waals surface area contributed by atoms with Crippen LogP contribution in [0, 0.1) is 12.7 Å². The molecule has 3 N–H and O–H groups in total. The number of amides is 2. The normalized spacial score (nSPS) is 20.4. The van der Waals surface area contributed by atoms with Crippen LogP contribution in [0.25, 0.3) is 0 Å². The van der Waals surface area contributed by atoms with E-state index in [1.54, 1.807) is 0 Å². The zero-order valence-corrected chi connectivity index (χ0v) is 12.2. The monoisotopic (exact) mass is 315 g/mol.